The first-order valence-corrected chi connectivity index (χ1v) is 10.7. The van der Waals surface area contributed by atoms with Crippen molar-refractivity contribution < 1.29 is 23.9 Å². The highest BCUT2D eigenvalue weighted by molar-refractivity contribution is 8.01. The number of carbonyl (C=O) groups excluding carboxylic acids is 4. The zero-order valence-electron chi connectivity index (χ0n) is 16.1. The van der Waals surface area contributed by atoms with Crippen molar-refractivity contribution in [1.82, 2.24) is 10.2 Å². The largest absolute Gasteiger partial charge is 0.454 e. The number of para-hydroxylation sites is 1. The van der Waals surface area contributed by atoms with Crippen molar-refractivity contribution >= 4 is 41.1 Å². The average Bonchev–Trinajstić information content (AvgIpc) is 3.37. The van der Waals surface area contributed by atoms with Gasteiger partial charge < -0.3 is 20.3 Å². The first kappa shape index (κ1) is 19.8. The van der Waals surface area contributed by atoms with Gasteiger partial charge >= 0.3 is 5.97 Å². The molecule has 2 atom stereocenters. The number of nitrogens with zero attached hydrogens (tertiary/aromatic N) is 1. The molecule has 0 unspecified atom stereocenters. The Labute approximate surface area is 172 Å². The lowest BCUT2D eigenvalue weighted by atomic mass is 10.1. The smallest absolute Gasteiger partial charge is 0.330 e. The standard InChI is InChI=1S/C20H23N3O5S/c1-20-9-8-17(25)23(20)15(11-29-20)19(27)28-10-16(24)22-14-5-3-2-4-13(14)18(26)21-12-6-7-12/h2-5,12,15H,6-11H2,1H3,(H,21,26)(H,22,24)/t15-,20+/m0/s1. The van der Waals surface area contributed by atoms with Gasteiger partial charge in [0, 0.05) is 18.2 Å². The fourth-order valence-electron chi connectivity index (χ4n) is 3.70. The maximum absolute atomic E-state index is 12.5. The van der Waals surface area contributed by atoms with Crippen molar-refractivity contribution in [3.8, 4) is 0 Å². The number of amides is 3. The molecule has 1 aromatic carbocycles. The zero-order valence-corrected chi connectivity index (χ0v) is 16.9. The second kappa shape index (κ2) is 7.70. The van der Waals surface area contributed by atoms with Crippen LogP contribution >= 0.6 is 11.8 Å². The molecule has 2 heterocycles. The third-order valence-corrected chi connectivity index (χ3v) is 6.93. The Morgan fingerprint density at radius 3 is 2.79 bits per heavy atom. The molecule has 2 saturated heterocycles. The SMILES string of the molecule is C[C@@]12CCC(=O)N1[C@H](C(=O)OCC(=O)Nc1ccccc1C(=O)NC1CC1)CS2. The van der Waals surface area contributed by atoms with Crippen molar-refractivity contribution in [3.63, 3.8) is 0 Å². The van der Waals surface area contributed by atoms with Gasteiger partial charge in [-0.15, -0.1) is 11.8 Å². The minimum atomic E-state index is -0.663. The van der Waals surface area contributed by atoms with Crippen LogP contribution in [0.15, 0.2) is 24.3 Å². The van der Waals surface area contributed by atoms with Crippen LogP contribution in [-0.4, -0.2) is 57.9 Å². The van der Waals surface area contributed by atoms with Crippen LogP contribution in [-0.2, 0) is 19.1 Å². The molecule has 1 aromatic rings. The molecule has 4 rings (SSSR count). The predicted octanol–water partition coefficient (Wildman–Crippen LogP) is 1.51. The Hall–Kier alpha value is -2.55. The Balaban J connectivity index is 1.33. The summed E-state index contributed by atoms with van der Waals surface area (Å²) in [7, 11) is 0. The third kappa shape index (κ3) is 4.10. The number of fused-ring (bicyclic) bond motifs is 1. The van der Waals surface area contributed by atoms with Crippen LogP contribution in [0, 0.1) is 0 Å². The maximum atomic E-state index is 12.5. The van der Waals surface area contributed by atoms with Crippen LogP contribution in [0.1, 0.15) is 43.0 Å². The molecule has 3 aliphatic rings. The van der Waals surface area contributed by atoms with E-state index >= 15 is 0 Å². The molecule has 3 amide bonds. The number of benzene rings is 1. The molecule has 29 heavy (non-hydrogen) atoms. The van der Waals surface area contributed by atoms with E-state index in [1.807, 2.05) is 6.92 Å². The van der Waals surface area contributed by atoms with Gasteiger partial charge in [-0.1, -0.05) is 12.1 Å². The number of anilines is 1. The molecule has 1 aliphatic carbocycles. The second-order valence-corrected chi connectivity index (χ2v) is 9.22. The molecule has 2 aliphatic heterocycles. The van der Waals surface area contributed by atoms with Crippen molar-refractivity contribution in [3.05, 3.63) is 29.8 Å². The Morgan fingerprint density at radius 2 is 2.03 bits per heavy atom. The quantitative estimate of drug-likeness (QED) is 0.680. The van der Waals surface area contributed by atoms with Crippen LogP contribution in [0.25, 0.3) is 0 Å². The molecule has 0 spiro atoms. The first-order valence-electron chi connectivity index (χ1n) is 9.70. The highest BCUT2D eigenvalue weighted by Gasteiger charge is 2.53. The predicted molar refractivity (Wildman–Crippen MR) is 107 cm³/mol. The maximum Gasteiger partial charge on any atom is 0.330 e. The van der Waals surface area contributed by atoms with E-state index in [1.54, 1.807) is 40.9 Å². The molecule has 0 radical (unpaired) electrons. The summed E-state index contributed by atoms with van der Waals surface area (Å²) in [4.78, 5) is 50.4. The molecule has 3 fully saturated rings. The normalized spacial score (nSPS) is 25.5. The van der Waals surface area contributed by atoms with E-state index in [-0.39, 0.29) is 22.7 Å². The van der Waals surface area contributed by atoms with Gasteiger partial charge in [-0.05, 0) is 38.3 Å². The zero-order chi connectivity index (χ0) is 20.6. The third-order valence-electron chi connectivity index (χ3n) is 5.42. The number of hydrogen-bond donors (Lipinski definition) is 2. The van der Waals surface area contributed by atoms with E-state index in [0.29, 0.717) is 29.8 Å². The summed E-state index contributed by atoms with van der Waals surface area (Å²) in [6.07, 6.45) is 3.07. The van der Waals surface area contributed by atoms with E-state index in [4.69, 9.17) is 4.74 Å². The monoisotopic (exact) mass is 417 g/mol. The number of nitrogens with one attached hydrogen (secondary N) is 2. The lowest BCUT2D eigenvalue weighted by Gasteiger charge is -2.29. The lowest BCUT2D eigenvalue weighted by molar-refractivity contribution is -0.155. The Bertz CT molecular complexity index is 871. The van der Waals surface area contributed by atoms with Crippen LogP contribution in [0.4, 0.5) is 5.69 Å². The fourth-order valence-corrected chi connectivity index (χ4v) is 5.11. The Morgan fingerprint density at radius 1 is 1.28 bits per heavy atom. The molecule has 2 N–H and O–H groups in total. The molecule has 0 bridgehead atoms. The molecular formula is C20H23N3O5S. The minimum Gasteiger partial charge on any atom is -0.454 e. The van der Waals surface area contributed by atoms with Crippen molar-refractivity contribution in [2.75, 3.05) is 17.7 Å². The van der Waals surface area contributed by atoms with Gasteiger partial charge in [0.05, 0.1) is 16.1 Å². The van der Waals surface area contributed by atoms with E-state index in [0.717, 1.165) is 12.8 Å². The van der Waals surface area contributed by atoms with Crippen molar-refractivity contribution in [2.45, 2.75) is 49.6 Å². The van der Waals surface area contributed by atoms with Crippen LogP contribution in [0.5, 0.6) is 0 Å². The minimum absolute atomic E-state index is 0.0560. The van der Waals surface area contributed by atoms with E-state index in [1.165, 1.54) is 0 Å². The molecular weight excluding hydrogens is 394 g/mol. The highest BCUT2D eigenvalue weighted by Crippen LogP contribution is 2.47. The van der Waals surface area contributed by atoms with Gasteiger partial charge in [-0.2, -0.15) is 0 Å². The number of rotatable bonds is 6. The van der Waals surface area contributed by atoms with Crippen molar-refractivity contribution in [2.24, 2.45) is 0 Å². The number of hydrogen-bond acceptors (Lipinski definition) is 6. The van der Waals surface area contributed by atoms with Crippen LogP contribution in [0.3, 0.4) is 0 Å². The number of ether oxygens (including phenoxy) is 1. The number of carbonyl (C=O) groups is 4. The molecule has 0 aromatic heterocycles. The summed E-state index contributed by atoms with van der Waals surface area (Å²) in [6, 6.07) is 6.24. The number of esters is 1. The fraction of sp³-hybridized carbons (Fsp3) is 0.500. The van der Waals surface area contributed by atoms with E-state index in [9.17, 15) is 19.2 Å². The van der Waals surface area contributed by atoms with Gasteiger partial charge in [0.2, 0.25) is 5.91 Å². The summed E-state index contributed by atoms with van der Waals surface area (Å²) in [5.74, 6) is -0.945. The van der Waals surface area contributed by atoms with E-state index in [2.05, 4.69) is 10.6 Å². The van der Waals surface area contributed by atoms with Crippen LogP contribution < -0.4 is 10.6 Å². The summed E-state index contributed by atoms with van der Waals surface area (Å²) in [5.41, 5.74) is 0.732. The molecule has 154 valence electrons. The van der Waals surface area contributed by atoms with Gasteiger partial charge in [-0.3, -0.25) is 14.4 Å². The Kier molecular flexibility index (Phi) is 5.24. The first-order chi connectivity index (χ1) is 13.9. The molecule has 9 heteroatoms. The lowest BCUT2D eigenvalue weighted by Crippen LogP contribution is -2.47. The van der Waals surface area contributed by atoms with Crippen LogP contribution in [0.2, 0.25) is 0 Å². The van der Waals surface area contributed by atoms with Gasteiger partial charge in [-0.25, -0.2) is 4.79 Å². The second-order valence-electron chi connectivity index (χ2n) is 7.71. The summed E-state index contributed by atoms with van der Waals surface area (Å²) < 4.78 is 5.18. The topological polar surface area (TPSA) is 105 Å². The summed E-state index contributed by atoms with van der Waals surface area (Å²) >= 11 is 1.57. The summed E-state index contributed by atoms with van der Waals surface area (Å²) in [5, 5.41) is 5.52. The average molecular weight is 417 g/mol. The molecule has 8 nitrogen and oxygen atoms in total. The summed E-state index contributed by atoms with van der Waals surface area (Å²) in [6.45, 7) is 1.48. The van der Waals surface area contributed by atoms with Gasteiger partial charge in [0.25, 0.3) is 11.8 Å². The van der Waals surface area contributed by atoms with Gasteiger partial charge in [0.15, 0.2) is 6.61 Å². The van der Waals surface area contributed by atoms with Crippen molar-refractivity contribution in [1.29, 1.82) is 0 Å². The molecule has 1 saturated carbocycles. The number of thioether (sulfide) groups is 1. The van der Waals surface area contributed by atoms with Gasteiger partial charge in [0.1, 0.15) is 6.04 Å². The highest BCUT2D eigenvalue weighted by atomic mass is 32.2. The van der Waals surface area contributed by atoms with E-state index < -0.39 is 24.5 Å².